The van der Waals surface area contributed by atoms with E-state index in [0.29, 0.717) is 12.4 Å². The van der Waals surface area contributed by atoms with Gasteiger partial charge >= 0.3 is 6.18 Å². The van der Waals surface area contributed by atoms with E-state index in [-0.39, 0.29) is 34.6 Å². The number of alkyl halides is 5. The molecule has 1 fully saturated rings. The molecule has 15 heteroatoms. The average molecular weight is 531 g/mol. The van der Waals surface area contributed by atoms with Gasteiger partial charge in [0, 0.05) is 51.0 Å². The standard InChI is InChI=1S/C21H20ClF5N8O/c1-11-3-20(23,24)10-35(15(11)8-32-19-30-4-12(5-31-19)21(25,26)27)18(36)16-14(9-34(2)33-16)17-28-6-13(22)7-29-17/h4-7,9,11,15H,3,8,10H2,1-2H3,(H,30,31,32)/t11-,15?/m1/s1. The van der Waals surface area contributed by atoms with Crippen molar-refractivity contribution in [2.75, 3.05) is 18.4 Å². The van der Waals surface area contributed by atoms with Gasteiger partial charge in [0.15, 0.2) is 11.5 Å². The lowest BCUT2D eigenvalue weighted by Gasteiger charge is -2.43. The Labute approximate surface area is 206 Å². The Morgan fingerprint density at radius 2 is 1.81 bits per heavy atom. The number of carbonyl (C=O) groups excluding carboxylic acids is 1. The fourth-order valence-electron chi connectivity index (χ4n) is 4.04. The normalized spacial score (nSPS) is 19.8. The van der Waals surface area contributed by atoms with Crippen LogP contribution in [0.5, 0.6) is 0 Å². The molecule has 192 valence electrons. The third-order valence-electron chi connectivity index (χ3n) is 5.68. The molecule has 1 unspecified atom stereocenters. The number of likely N-dealkylation sites (tertiary alicyclic amines) is 1. The van der Waals surface area contributed by atoms with E-state index in [9.17, 15) is 26.7 Å². The highest BCUT2D eigenvalue weighted by molar-refractivity contribution is 6.30. The highest BCUT2D eigenvalue weighted by Gasteiger charge is 2.47. The number of rotatable bonds is 5. The number of nitrogens with zero attached hydrogens (tertiary/aromatic N) is 7. The molecule has 0 aliphatic carbocycles. The summed E-state index contributed by atoms with van der Waals surface area (Å²) in [4.78, 5) is 30.0. The summed E-state index contributed by atoms with van der Waals surface area (Å²) in [5.41, 5.74) is -0.915. The first-order valence-corrected chi connectivity index (χ1v) is 11.1. The van der Waals surface area contributed by atoms with Gasteiger partial charge in [0.05, 0.1) is 28.7 Å². The van der Waals surface area contributed by atoms with Crippen molar-refractivity contribution in [2.45, 2.75) is 31.5 Å². The first-order valence-electron chi connectivity index (χ1n) is 10.7. The number of hydrogen-bond acceptors (Lipinski definition) is 7. The summed E-state index contributed by atoms with van der Waals surface area (Å²) in [6, 6.07) is -0.760. The molecule has 1 saturated heterocycles. The second-order valence-electron chi connectivity index (χ2n) is 8.50. The average Bonchev–Trinajstić information content (AvgIpc) is 3.19. The maximum absolute atomic E-state index is 14.5. The molecule has 1 aliphatic rings. The number of anilines is 1. The minimum Gasteiger partial charge on any atom is -0.352 e. The number of piperidine rings is 1. The van der Waals surface area contributed by atoms with Crippen molar-refractivity contribution < 1.29 is 26.7 Å². The summed E-state index contributed by atoms with van der Waals surface area (Å²) in [6.45, 7) is 0.622. The SMILES string of the molecule is C[C@@H]1CC(F)(F)CN(C(=O)c2nn(C)cc2-c2ncc(Cl)cn2)C1CNc1ncc(C(F)(F)F)cn1. The monoisotopic (exact) mass is 530 g/mol. The van der Waals surface area contributed by atoms with E-state index in [1.165, 1.54) is 23.3 Å². The smallest absolute Gasteiger partial charge is 0.352 e. The molecular weight excluding hydrogens is 511 g/mol. The van der Waals surface area contributed by atoms with Crippen LogP contribution in [-0.2, 0) is 13.2 Å². The van der Waals surface area contributed by atoms with Crippen LogP contribution in [0.25, 0.3) is 11.4 Å². The minimum atomic E-state index is -4.60. The molecule has 2 atom stereocenters. The maximum atomic E-state index is 14.5. The lowest BCUT2D eigenvalue weighted by Crippen LogP contribution is -2.57. The highest BCUT2D eigenvalue weighted by Crippen LogP contribution is 2.36. The third kappa shape index (κ3) is 5.53. The van der Waals surface area contributed by atoms with Crippen molar-refractivity contribution in [2.24, 2.45) is 13.0 Å². The predicted molar refractivity (Wildman–Crippen MR) is 118 cm³/mol. The second kappa shape index (κ2) is 9.56. The molecular formula is C21H20ClF5N8O. The largest absolute Gasteiger partial charge is 0.419 e. The van der Waals surface area contributed by atoms with Crippen molar-refractivity contribution in [1.82, 2.24) is 34.6 Å². The molecule has 4 heterocycles. The molecule has 3 aromatic rings. The number of carbonyl (C=O) groups is 1. The lowest BCUT2D eigenvalue weighted by molar-refractivity contribution is -0.138. The van der Waals surface area contributed by atoms with Gasteiger partial charge in [-0.05, 0) is 5.92 Å². The van der Waals surface area contributed by atoms with Crippen molar-refractivity contribution in [3.8, 4) is 11.4 Å². The molecule has 36 heavy (non-hydrogen) atoms. The zero-order valence-electron chi connectivity index (χ0n) is 19.0. The van der Waals surface area contributed by atoms with Gasteiger partial charge in [-0.1, -0.05) is 18.5 Å². The number of halogens is 6. The number of aryl methyl sites for hydroxylation is 1. The van der Waals surface area contributed by atoms with Crippen molar-refractivity contribution >= 4 is 23.5 Å². The number of hydrogen-bond donors (Lipinski definition) is 1. The Kier molecular flexibility index (Phi) is 6.82. The van der Waals surface area contributed by atoms with Gasteiger partial charge in [-0.25, -0.2) is 28.7 Å². The van der Waals surface area contributed by atoms with E-state index < -0.39 is 48.5 Å². The van der Waals surface area contributed by atoms with E-state index in [1.807, 2.05) is 0 Å². The third-order valence-corrected chi connectivity index (χ3v) is 5.88. The number of amides is 1. The van der Waals surface area contributed by atoms with Gasteiger partial charge in [-0.3, -0.25) is 9.48 Å². The van der Waals surface area contributed by atoms with Gasteiger partial charge in [0.2, 0.25) is 5.95 Å². The fourth-order valence-corrected chi connectivity index (χ4v) is 4.14. The Morgan fingerprint density at radius 1 is 1.17 bits per heavy atom. The minimum absolute atomic E-state index is 0.0754. The van der Waals surface area contributed by atoms with Crippen LogP contribution in [0.4, 0.5) is 27.9 Å². The van der Waals surface area contributed by atoms with Gasteiger partial charge in [0.1, 0.15) is 0 Å². The van der Waals surface area contributed by atoms with Gasteiger partial charge in [-0.15, -0.1) is 0 Å². The molecule has 1 N–H and O–H groups in total. The number of nitrogens with one attached hydrogen (secondary N) is 1. The van der Waals surface area contributed by atoms with Crippen LogP contribution in [0.2, 0.25) is 5.02 Å². The van der Waals surface area contributed by atoms with Crippen LogP contribution in [0.3, 0.4) is 0 Å². The van der Waals surface area contributed by atoms with E-state index in [1.54, 1.807) is 14.0 Å². The van der Waals surface area contributed by atoms with Crippen LogP contribution in [0, 0.1) is 5.92 Å². The molecule has 0 aromatic carbocycles. The summed E-state index contributed by atoms with van der Waals surface area (Å²) >= 11 is 5.83. The molecule has 0 bridgehead atoms. The van der Waals surface area contributed by atoms with Gasteiger partial charge in [-0.2, -0.15) is 18.3 Å². The van der Waals surface area contributed by atoms with Crippen molar-refractivity contribution in [1.29, 1.82) is 0 Å². The van der Waals surface area contributed by atoms with Crippen molar-refractivity contribution in [3.05, 3.63) is 47.3 Å². The summed E-state index contributed by atoms with van der Waals surface area (Å²) in [7, 11) is 1.56. The Hall–Kier alpha value is -3.42. The molecule has 0 radical (unpaired) electrons. The summed E-state index contributed by atoms with van der Waals surface area (Å²) in [5, 5.41) is 7.18. The summed E-state index contributed by atoms with van der Waals surface area (Å²) < 4.78 is 68.7. The molecule has 1 aliphatic heterocycles. The Bertz CT molecular complexity index is 1230. The number of aromatic nitrogens is 6. The van der Waals surface area contributed by atoms with Crippen LogP contribution in [0.1, 0.15) is 29.4 Å². The van der Waals surface area contributed by atoms with Crippen LogP contribution in [0.15, 0.2) is 31.0 Å². The van der Waals surface area contributed by atoms with E-state index >= 15 is 0 Å². The van der Waals surface area contributed by atoms with E-state index in [0.717, 1.165) is 4.90 Å². The lowest BCUT2D eigenvalue weighted by atomic mass is 9.88. The topological polar surface area (TPSA) is 102 Å². The Balaban J connectivity index is 1.60. The Morgan fingerprint density at radius 3 is 2.42 bits per heavy atom. The van der Waals surface area contributed by atoms with Crippen LogP contribution in [-0.4, -0.2) is 65.6 Å². The first kappa shape index (κ1) is 25.7. The second-order valence-corrected chi connectivity index (χ2v) is 8.94. The molecule has 0 spiro atoms. The molecule has 4 rings (SSSR count). The molecule has 1 amide bonds. The van der Waals surface area contributed by atoms with Gasteiger partial charge in [0.25, 0.3) is 11.8 Å². The van der Waals surface area contributed by atoms with Crippen molar-refractivity contribution in [3.63, 3.8) is 0 Å². The van der Waals surface area contributed by atoms with Gasteiger partial charge < -0.3 is 10.2 Å². The fraction of sp³-hybridized carbons (Fsp3) is 0.429. The summed E-state index contributed by atoms with van der Waals surface area (Å²) in [6.07, 6.45) is 0.307. The maximum Gasteiger partial charge on any atom is 0.419 e. The first-order chi connectivity index (χ1) is 16.8. The molecule has 3 aromatic heterocycles. The predicted octanol–water partition coefficient (Wildman–Crippen LogP) is 3.94. The van der Waals surface area contributed by atoms with E-state index in [2.05, 4.69) is 30.4 Å². The quantitative estimate of drug-likeness (QED) is 0.499. The zero-order valence-corrected chi connectivity index (χ0v) is 19.7. The zero-order chi connectivity index (χ0) is 26.3. The highest BCUT2D eigenvalue weighted by atomic mass is 35.5. The van der Waals surface area contributed by atoms with Crippen LogP contribution < -0.4 is 5.32 Å². The van der Waals surface area contributed by atoms with E-state index in [4.69, 9.17) is 11.6 Å². The molecule has 0 saturated carbocycles. The van der Waals surface area contributed by atoms with Crippen LogP contribution >= 0.6 is 11.6 Å². The summed E-state index contributed by atoms with van der Waals surface area (Å²) in [5.74, 6) is -4.58. The molecule has 9 nitrogen and oxygen atoms in total.